The van der Waals surface area contributed by atoms with Gasteiger partial charge >= 0.3 is 0 Å². The van der Waals surface area contributed by atoms with Crippen molar-refractivity contribution in [1.82, 2.24) is 5.06 Å². The van der Waals surface area contributed by atoms with E-state index in [4.69, 9.17) is 16.4 Å². The highest BCUT2D eigenvalue weighted by Crippen LogP contribution is 2.46. The molecule has 1 aromatic carbocycles. The van der Waals surface area contributed by atoms with E-state index < -0.39 is 0 Å². The van der Waals surface area contributed by atoms with Crippen molar-refractivity contribution in [3.05, 3.63) is 41.1 Å². The van der Waals surface area contributed by atoms with Crippen LogP contribution in [0.3, 0.4) is 0 Å². The second-order valence-corrected chi connectivity index (χ2v) is 4.73. The van der Waals surface area contributed by atoms with Crippen LogP contribution >= 0.6 is 11.6 Å². The molecule has 0 amide bonds. The molecule has 1 aliphatic carbocycles. The fraction of sp³-hybridized carbons (Fsp3) is 0.385. The highest BCUT2D eigenvalue weighted by molar-refractivity contribution is 6.21. The van der Waals surface area contributed by atoms with E-state index in [1.54, 1.807) is 7.11 Å². The van der Waals surface area contributed by atoms with E-state index in [0.717, 1.165) is 5.56 Å². The lowest BCUT2D eigenvalue weighted by Crippen LogP contribution is -2.28. The Morgan fingerprint density at radius 1 is 1.31 bits per heavy atom. The number of alkyl halides is 1. The van der Waals surface area contributed by atoms with Crippen molar-refractivity contribution >= 4 is 17.7 Å². The number of hydrogen-bond acceptors (Lipinski definition) is 2. The summed E-state index contributed by atoms with van der Waals surface area (Å²) in [6.45, 7) is 0. The normalized spacial score (nSPS) is 24.0. The van der Waals surface area contributed by atoms with Gasteiger partial charge in [-0.05, 0) is 30.0 Å². The molecule has 1 atom stereocenters. The minimum atomic E-state index is -0.207. The first kappa shape index (κ1) is 10.2. The Kier molecular flexibility index (Phi) is 2.41. The van der Waals surface area contributed by atoms with Crippen molar-refractivity contribution in [2.45, 2.75) is 18.3 Å². The molecule has 16 heavy (non-hydrogen) atoms. The van der Waals surface area contributed by atoms with E-state index in [-0.39, 0.29) is 5.50 Å². The first-order valence-corrected chi connectivity index (χ1v) is 6.03. The number of halogens is 1. The molecule has 0 aromatic heterocycles. The molecule has 84 valence electrons. The van der Waals surface area contributed by atoms with Gasteiger partial charge in [0.05, 0.1) is 7.11 Å². The van der Waals surface area contributed by atoms with E-state index in [1.807, 2.05) is 17.2 Å². The molecular weight excluding hydrogens is 222 g/mol. The Bertz CT molecular complexity index is 439. The maximum absolute atomic E-state index is 6.44. The maximum atomic E-state index is 6.44. The lowest BCUT2D eigenvalue weighted by atomic mass is 10.0. The minimum absolute atomic E-state index is 0.207. The summed E-state index contributed by atoms with van der Waals surface area (Å²) in [4.78, 5) is 5.41. The molecule has 1 fully saturated rings. The molecule has 0 unspecified atom stereocenters. The van der Waals surface area contributed by atoms with E-state index in [1.165, 1.54) is 24.1 Å². The monoisotopic (exact) mass is 235 g/mol. The minimum Gasteiger partial charge on any atom is -0.275 e. The van der Waals surface area contributed by atoms with Gasteiger partial charge in [0, 0.05) is 11.6 Å². The number of nitrogens with zero attached hydrogens (tertiary/aromatic N) is 1. The molecule has 2 nitrogen and oxygen atoms in total. The van der Waals surface area contributed by atoms with Crippen LogP contribution in [0.2, 0.25) is 0 Å². The summed E-state index contributed by atoms with van der Waals surface area (Å²) in [6.07, 6.45) is 4.70. The number of rotatable bonds is 2. The van der Waals surface area contributed by atoms with Crippen LogP contribution in [0.4, 0.5) is 0 Å². The van der Waals surface area contributed by atoms with Gasteiger partial charge in [0.15, 0.2) is 5.50 Å². The molecule has 0 saturated heterocycles. The number of hydroxylamine groups is 2. The second-order valence-electron chi connectivity index (χ2n) is 4.32. The molecule has 2 aliphatic rings. The number of allylic oxidation sites excluding steroid dienone is 1. The van der Waals surface area contributed by atoms with Crippen molar-refractivity contribution in [2.24, 2.45) is 5.92 Å². The van der Waals surface area contributed by atoms with E-state index in [9.17, 15) is 0 Å². The van der Waals surface area contributed by atoms with Crippen LogP contribution in [-0.2, 0) is 4.84 Å². The summed E-state index contributed by atoms with van der Waals surface area (Å²) in [5.74, 6) is 0.634. The van der Waals surface area contributed by atoms with Crippen LogP contribution in [-0.4, -0.2) is 12.2 Å². The van der Waals surface area contributed by atoms with Crippen LogP contribution in [0, 0.1) is 5.92 Å². The lowest BCUT2D eigenvalue weighted by molar-refractivity contribution is -0.117. The van der Waals surface area contributed by atoms with Crippen molar-refractivity contribution in [3.63, 3.8) is 0 Å². The fourth-order valence-corrected chi connectivity index (χ4v) is 2.61. The summed E-state index contributed by atoms with van der Waals surface area (Å²) < 4.78 is 0. The van der Waals surface area contributed by atoms with Crippen LogP contribution in [0.1, 0.15) is 29.5 Å². The quantitative estimate of drug-likeness (QED) is 0.574. The van der Waals surface area contributed by atoms with Gasteiger partial charge in [0.2, 0.25) is 0 Å². The van der Waals surface area contributed by atoms with Crippen LogP contribution in [0.25, 0.3) is 6.08 Å². The summed E-state index contributed by atoms with van der Waals surface area (Å²) in [5.41, 5.74) is 3.36. The van der Waals surface area contributed by atoms with Crippen LogP contribution in [0.15, 0.2) is 30.0 Å². The average molecular weight is 236 g/mol. The standard InChI is InChI=1S/C13H14ClNO/c1-16-15-12(9-6-7-9)8-10-4-2-3-5-11(10)13(15)14/h2-5,8-9,13H,6-7H2,1H3/t13-/m1/s1. The van der Waals surface area contributed by atoms with Gasteiger partial charge in [0.1, 0.15) is 0 Å². The summed E-state index contributed by atoms with van der Waals surface area (Å²) in [7, 11) is 1.68. The van der Waals surface area contributed by atoms with Gasteiger partial charge < -0.3 is 0 Å². The van der Waals surface area contributed by atoms with Gasteiger partial charge in [-0.15, -0.1) is 0 Å². The predicted octanol–water partition coefficient (Wildman–Crippen LogP) is 3.55. The van der Waals surface area contributed by atoms with Crippen LogP contribution < -0.4 is 0 Å². The van der Waals surface area contributed by atoms with Gasteiger partial charge in [-0.3, -0.25) is 4.84 Å². The Labute approximate surface area is 100 Å². The van der Waals surface area contributed by atoms with Crippen molar-refractivity contribution in [3.8, 4) is 0 Å². The van der Waals surface area contributed by atoms with E-state index >= 15 is 0 Å². The van der Waals surface area contributed by atoms with Gasteiger partial charge in [-0.1, -0.05) is 35.9 Å². The molecule has 0 spiro atoms. The summed E-state index contributed by atoms with van der Waals surface area (Å²) >= 11 is 6.44. The third kappa shape index (κ3) is 1.53. The Balaban J connectivity index is 2.08. The predicted molar refractivity (Wildman–Crippen MR) is 64.6 cm³/mol. The smallest absolute Gasteiger partial charge is 0.155 e. The first-order chi connectivity index (χ1) is 7.81. The zero-order valence-electron chi connectivity index (χ0n) is 9.19. The highest BCUT2D eigenvalue weighted by Gasteiger charge is 2.36. The van der Waals surface area contributed by atoms with Crippen molar-refractivity contribution < 1.29 is 4.84 Å². The molecule has 0 bridgehead atoms. The second kappa shape index (κ2) is 3.79. The summed E-state index contributed by atoms with van der Waals surface area (Å²) in [6, 6.07) is 8.23. The molecule has 3 heteroatoms. The van der Waals surface area contributed by atoms with Crippen molar-refractivity contribution in [1.29, 1.82) is 0 Å². The third-order valence-corrected chi connectivity index (χ3v) is 3.62. The number of hydrogen-bond donors (Lipinski definition) is 0. The molecule has 1 aromatic rings. The van der Waals surface area contributed by atoms with Crippen LogP contribution in [0.5, 0.6) is 0 Å². The Morgan fingerprint density at radius 3 is 2.75 bits per heavy atom. The Morgan fingerprint density at radius 2 is 2.06 bits per heavy atom. The zero-order valence-corrected chi connectivity index (χ0v) is 9.95. The van der Waals surface area contributed by atoms with E-state index in [0.29, 0.717) is 5.92 Å². The molecular formula is C13H14ClNO. The fourth-order valence-electron chi connectivity index (χ4n) is 2.21. The summed E-state index contributed by atoms with van der Waals surface area (Å²) in [5, 5.41) is 1.83. The molecule has 1 heterocycles. The average Bonchev–Trinajstić information content (AvgIpc) is 3.13. The molecule has 0 radical (unpaired) electrons. The maximum Gasteiger partial charge on any atom is 0.155 e. The largest absolute Gasteiger partial charge is 0.275 e. The SMILES string of the molecule is CON1C(C2CC2)=Cc2ccccc2[C@@H]1Cl. The third-order valence-electron chi connectivity index (χ3n) is 3.21. The molecule has 1 aliphatic heterocycles. The molecule has 3 rings (SSSR count). The zero-order chi connectivity index (χ0) is 11.1. The van der Waals surface area contributed by atoms with Gasteiger partial charge in [0.25, 0.3) is 0 Å². The number of fused-ring (bicyclic) bond motifs is 1. The molecule has 1 saturated carbocycles. The Hall–Kier alpha value is -0.990. The highest BCUT2D eigenvalue weighted by atomic mass is 35.5. The van der Waals surface area contributed by atoms with Gasteiger partial charge in [-0.25, -0.2) is 5.06 Å². The number of benzene rings is 1. The molecule has 0 N–H and O–H groups in total. The van der Waals surface area contributed by atoms with Crippen molar-refractivity contribution in [2.75, 3.05) is 7.11 Å². The van der Waals surface area contributed by atoms with Gasteiger partial charge in [-0.2, -0.15) is 0 Å². The topological polar surface area (TPSA) is 12.5 Å². The lowest BCUT2D eigenvalue weighted by Gasteiger charge is -2.33. The first-order valence-electron chi connectivity index (χ1n) is 5.59. The van der Waals surface area contributed by atoms with E-state index in [2.05, 4.69) is 18.2 Å².